The molecule has 0 radical (unpaired) electrons. The zero-order chi connectivity index (χ0) is 20.2. The van der Waals surface area contributed by atoms with E-state index in [1.807, 2.05) is 48.2 Å². The molecule has 4 aromatic rings. The summed E-state index contributed by atoms with van der Waals surface area (Å²) >= 11 is 2.10. The molecule has 0 amide bonds. The van der Waals surface area contributed by atoms with Crippen LogP contribution >= 0.6 is 23.9 Å². The molecule has 0 aliphatic carbocycles. The summed E-state index contributed by atoms with van der Waals surface area (Å²) in [5.41, 5.74) is 7.03. The summed E-state index contributed by atoms with van der Waals surface area (Å²) in [4.78, 5) is 5.42. The maximum absolute atomic E-state index is 12.9. The van der Waals surface area contributed by atoms with Crippen molar-refractivity contribution in [3.63, 3.8) is 0 Å². The average Bonchev–Trinajstić information content (AvgIpc) is 3.18. The van der Waals surface area contributed by atoms with E-state index >= 15 is 0 Å². The van der Waals surface area contributed by atoms with Crippen LogP contribution in [0.3, 0.4) is 0 Å². The Hall–Kier alpha value is -2.43. The molecule has 29 heavy (non-hydrogen) atoms. The Bertz CT molecular complexity index is 1130. The molecule has 0 atom stereocenters. The average molecular weight is 420 g/mol. The SMILES string of the molecule is Cc1ccc(SC/C=C(\c2ccc(SF)cc2)c2cc3ccccc3[nH]2)cc1C. The molecule has 1 aromatic heterocycles. The number of nitrogens with one attached hydrogen (secondary N) is 1. The predicted molar refractivity (Wildman–Crippen MR) is 125 cm³/mol. The number of hydrogen-bond donors (Lipinski definition) is 1. The Morgan fingerprint density at radius 2 is 1.66 bits per heavy atom. The first-order valence-electron chi connectivity index (χ1n) is 9.51. The molecule has 0 saturated carbocycles. The van der Waals surface area contributed by atoms with Gasteiger partial charge >= 0.3 is 0 Å². The summed E-state index contributed by atoms with van der Waals surface area (Å²) in [6.45, 7) is 4.28. The number of hydrogen-bond acceptors (Lipinski definition) is 2. The number of aryl methyl sites for hydroxylation is 2. The van der Waals surface area contributed by atoms with Crippen LogP contribution in [-0.4, -0.2) is 10.7 Å². The van der Waals surface area contributed by atoms with Crippen molar-refractivity contribution >= 4 is 40.4 Å². The van der Waals surface area contributed by atoms with Crippen LogP contribution in [0.15, 0.2) is 88.7 Å². The molecule has 1 heterocycles. The van der Waals surface area contributed by atoms with Gasteiger partial charge in [0, 0.05) is 37.7 Å². The summed E-state index contributed by atoms with van der Waals surface area (Å²) < 4.78 is 12.9. The van der Waals surface area contributed by atoms with Gasteiger partial charge in [0.05, 0.1) is 12.1 Å². The van der Waals surface area contributed by atoms with Crippen LogP contribution < -0.4 is 0 Å². The number of rotatable bonds is 6. The highest BCUT2D eigenvalue weighted by Crippen LogP contribution is 2.30. The zero-order valence-electron chi connectivity index (χ0n) is 16.4. The molecule has 4 heteroatoms. The normalized spacial score (nSPS) is 11.9. The van der Waals surface area contributed by atoms with Gasteiger partial charge in [-0.25, -0.2) is 0 Å². The fourth-order valence-corrected chi connectivity index (χ4v) is 4.42. The summed E-state index contributed by atoms with van der Waals surface area (Å²) in [6.07, 6.45) is 2.25. The van der Waals surface area contributed by atoms with Crippen molar-refractivity contribution < 1.29 is 3.89 Å². The molecule has 0 spiro atoms. The lowest BCUT2D eigenvalue weighted by Crippen LogP contribution is -1.90. The van der Waals surface area contributed by atoms with Crippen molar-refractivity contribution in [2.24, 2.45) is 0 Å². The molecule has 0 bridgehead atoms. The molecule has 0 aliphatic heterocycles. The maximum atomic E-state index is 12.9. The Morgan fingerprint density at radius 3 is 2.38 bits per heavy atom. The molecule has 146 valence electrons. The van der Waals surface area contributed by atoms with Gasteiger partial charge < -0.3 is 4.98 Å². The molecular formula is C25H22FNS2. The van der Waals surface area contributed by atoms with E-state index in [2.05, 4.69) is 61.3 Å². The van der Waals surface area contributed by atoms with E-state index in [1.165, 1.54) is 21.4 Å². The highest BCUT2D eigenvalue weighted by molar-refractivity contribution is 7.99. The van der Waals surface area contributed by atoms with Gasteiger partial charge in [0.25, 0.3) is 0 Å². The Morgan fingerprint density at radius 1 is 0.897 bits per heavy atom. The van der Waals surface area contributed by atoms with E-state index in [4.69, 9.17) is 0 Å². The topological polar surface area (TPSA) is 15.8 Å². The van der Waals surface area contributed by atoms with E-state index in [0.717, 1.165) is 28.1 Å². The zero-order valence-corrected chi connectivity index (χ0v) is 18.0. The van der Waals surface area contributed by atoms with Gasteiger partial charge in [-0.1, -0.05) is 42.5 Å². The fraction of sp³-hybridized carbons (Fsp3) is 0.120. The number of halogens is 1. The van der Waals surface area contributed by atoms with Crippen LogP contribution in [0.25, 0.3) is 16.5 Å². The van der Waals surface area contributed by atoms with Gasteiger partial charge in [-0.3, -0.25) is 0 Å². The Balaban J connectivity index is 1.66. The third-order valence-corrected chi connectivity index (χ3v) is 6.46. The largest absolute Gasteiger partial charge is 0.355 e. The van der Waals surface area contributed by atoms with Gasteiger partial charge in [0.15, 0.2) is 0 Å². The van der Waals surface area contributed by atoms with Crippen LogP contribution in [0.2, 0.25) is 0 Å². The second-order valence-electron chi connectivity index (χ2n) is 7.05. The number of para-hydroxylation sites is 1. The molecule has 0 aliphatic rings. The standard InChI is InChI=1S/C25H22FNS2/c1-17-7-10-22(15-18(17)2)28-14-13-23(19-8-11-21(29-26)12-9-19)25-16-20-5-3-4-6-24(20)27-25/h3-13,15-16,27H,14H2,1-2H3/b23-13+. The van der Waals surface area contributed by atoms with E-state index in [1.54, 1.807) is 0 Å². The minimum absolute atomic E-state index is 0.275. The highest BCUT2D eigenvalue weighted by atomic mass is 32.2. The quantitative estimate of drug-likeness (QED) is 0.319. The molecule has 0 fully saturated rings. The molecular weight excluding hydrogens is 397 g/mol. The summed E-state index contributed by atoms with van der Waals surface area (Å²) in [7, 11) is 0. The summed E-state index contributed by atoms with van der Waals surface area (Å²) in [6, 6.07) is 24.7. The van der Waals surface area contributed by atoms with Crippen molar-refractivity contribution in [2.45, 2.75) is 23.6 Å². The minimum Gasteiger partial charge on any atom is -0.355 e. The number of aromatic amines is 1. The first-order valence-corrected chi connectivity index (χ1v) is 11.2. The van der Waals surface area contributed by atoms with Crippen LogP contribution in [0.4, 0.5) is 3.89 Å². The summed E-state index contributed by atoms with van der Waals surface area (Å²) in [5.74, 6) is 0.854. The number of fused-ring (bicyclic) bond motifs is 1. The van der Waals surface area contributed by atoms with Gasteiger partial charge in [-0.05, 0) is 66.9 Å². The van der Waals surface area contributed by atoms with Gasteiger partial charge in [0.2, 0.25) is 0 Å². The monoisotopic (exact) mass is 419 g/mol. The Kier molecular flexibility index (Phi) is 6.12. The van der Waals surface area contributed by atoms with Gasteiger partial charge in [-0.2, -0.15) is 3.89 Å². The summed E-state index contributed by atoms with van der Waals surface area (Å²) in [5, 5.41) is 1.19. The van der Waals surface area contributed by atoms with Gasteiger partial charge in [0.1, 0.15) is 0 Å². The van der Waals surface area contributed by atoms with Crippen LogP contribution in [0.1, 0.15) is 22.4 Å². The second kappa shape index (κ2) is 8.93. The lowest BCUT2D eigenvalue weighted by molar-refractivity contribution is 0.934. The predicted octanol–water partition coefficient (Wildman–Crippen LogP) is 7.99. The third kappa shape index (κ3) is 4.60. The minimum atomic E-state index is 0.275. The van der Waals surface area contributed by atoms with Crippen molar-refractivity contribution in [3.05, 3.63) is 101 Å². The number of aromatic nitrogens is 1. The second-order valence-corrected chi connectivity index (χ2v) is 8.77. The first-order chi connectivity index (χ1) is 14.1. The lowest BCUT2D eigenvalue weighted by Gasteiger charge is -2.08. The first kappa shape index (κ1) is 19.9. The molecule has 0 saturated heterocycles. The molecule has 0 unspecified atom stereocenters. The van der Waals surface area contributed by atoms with Crippen molar-refractivity contribution in [1.29, 1.82) is 0 Å². The number of H-pyrrole nitrogens is 1. The van der Waals surface area contributed by atoms with Crippen molar-refractivity contribution in [3.8, 4) is 0 Å². The lowest BCUT2D eigenvalue weighted by atomic mass is 10.0. The molecule has 3 aromatic carbocycles. The van der Waals surface area contributed by atoms with Crippen molar-refractivity contribution in [1.82, 2.24) is 4.98 Å². The fourth-order valence-electron chi connectivity index (χ4n) is 3.31. The smallest absolute Gasteiger partial charge is 0.0812 e. The van der Waals surface area contributed by atoms with Crippen LogP contribution in [-0.2, 0) is 0 Å². The molecule has 1 nitrogen and oxygen atoms in total. The van der Waals surface area contributed by atoms with Crippen LogP contribution in [0.5, 0.6) is 0 Å². The number of benzene rings is 3. The number of thioether (sulfide) groups is 1. The van der Waals surface area contributed by atoms with Crippen LogP contribution in [0, 0.1) is 13.8 Å². The molecule has 4 rings (SSSR count). The highest BCUT2D eigenvalue weighted by Gasteiger charge is 2.09. The van der Waals surface area contributed by atoms with E-state index in [-0.39, 0.29) is 12.1 Å². The van der Waals surface area contributed by atoms with E-state index in [0.29, 0.717) is 4.90 Å². The Labute approximate surface area is 179 Å². The third-order valence-electron chi connectivity index (χ3n) is 5.09. The van der Waals surface area contributed by atoms with E-state index < -0.39 is 0 Å². The van der Waals surface area contributed by atoms with Gasteiger partial charge in [-0.15, -0.1) is 11.8 Å². The maximum Gasteiger partial charge on any atom is 0.0812 e. The van der Waals surface area contributed by atoms with E-state index in [9.17, 15) is 3.89 Å². The van der Waals surface area contributed by atoms with Crippen molar-refractivity contribution in [2.75, 3.05) is 5.75 Å². The molecule has 1 N–H and O–H groups in total.